The molecule has 0 aliphatic rings. The van der Waals surface area contributed by atoms with Crippen LogP contribution in [0.5, 0.6) is 0 Å². The van der Waals surface area contributed by atoms with Gasteiger partial charge in [-0.05, 0) is 12.3 Å². The van der Waals surface area contributed by atoms with Crippen LogP contribution in [0.4, 0.5) is 5.69 Å². The fourth-order valence-corrected chi connectivity index (χ4v) is 1.51. The van der Waals surface area contributed by atoms with Crippen molar-refractivity contribution in [3.8, 4) is 0 Å². The normalized spacial score (nSPS) is 11.4. The molecule has 0 heterocycles. The van der Waals surface area contributed by atoms with Crippen LogP contribution in [0.3, 0.4) is 0 Å². The van der Waals surface area contributed by atoms with Gasteiger partial charge in [-0.25, -0.2) is 0 Å². The lowest BCUT2D eigenvalue weighted by Crippen LogP contribution is -2.14. The lowest BCUT2D eigenvalue weighted by atomic mass is 9.85. The van der Waals surface area contributed by atoms with E-state index in [1.165, 1.54) is 0 Å². The summed E-state index contributed by atoms with van der Waals surface area (Å²) in [5, 5.41) is 10.9. The molecule has 1 rings (SSSR count). The second-order valence-corrected chi connectivity index (χ2v) is 4.48. The van der Waals surface area contributed by atoms with Gasteiger partial charge in [0.25, 0.3) is 5.69 Å². The third-order valence-corrected chi connectivity index (χ3v) is 2.23. The van der Waals surface area contributed by atoms with Gasteiger partial charge in [0.2, 0.25) is 0 Å². The van der Waals surface area contributed by atoms with Gasteiger partial charge in [-0.1, -0.05) is 39.0 Å². The summed E-state index contributed by atoms with van der Waals surface area (Å²) in [4.78, 5) is 10.6. The Morgan fingerprint density at radius 1 is 1.29 bits per heavy atom. The van der Waals surface area contributed by atoms with Crippen LogP contribution in [0, 0.1) is 17.0 Å². The summed E-state index contributed by atoms with van der Waals surface area (Å²) >= 11 is 0. The summed E-state index contributed by atoms with van der Waals surface area (Å²) in [7, 11) is 0. The largest absolute Gasteiger partial charge is 0.275 e. The van der Waals surface area contributed by atoms with Crippen molar-refractivity contribution in [1.82, 2.24) is 0 Å². The molecule has 0 unspecified atom stereocenters. The number of hydrogen-bond acceptors (Lipinski definition) is 2. The Balaban J connectivity index is 3.44. The van der Waals surface area contributed by atoms with Crippen molar-refractivity contribution in [2.24, 2.45) is 0 Å². The Morgan fingerprint density at radius 2 is 1.86 bits per heavy atom. The van der Waals surface area contributed by atoms with Crippen molar-refractivity contribution in [3.63, 3.8) is 0 Å². The van der Waals surface area contributed by atoms with Gasteiger partial charge in [-0.2, -0.15) is 0 Å². The molecule has 0 amide bonds. The molecular weight excluding hydrogens is 178 g/mol. The standard InChI is InChI=1S/C11H15NO2/c1-8-6-5-7-9(11(2,3)4)10(8)12(13)14/h5-7H,1-4H3. The molecule has 14 heavy (non-hydrogen) atoms. The highest BCUT2D eigenvalue weighted by molar-refractivity contribution is 5.50. The van der Waals surface area contributed by atoms with Crippen molar-refractivity contribution in [2.75, 3.05) is 0 Å². The van der Waals surface area contributed by atoms with Gasteiger partial charge in [0.05, 0.1) is 4.92 Å². The number of aryl methyl sites for hydroxylation is 1. The van der Waals surface area contributed by atoms with Gasteiger partial charge in [0.15, 0.2) is 0 Å². The first-order valence-corrected chi connectivity index (χ1v) is 4.58. The van der Waals surface area contributed by atoms with E-state index in [-0.39, 0.29) is 16.0 Å². The monoisotopic (exact) mass is 193 g/mol. The molecule has 0 bridgehead atoms. The molecule has 3 nitrogen and oxygen atoms in total. The van der Waals surface area contributed by atoms with E-state index in [1.54, 1.807) is 13.0 Å². The number of rotatable bonds is 1. The summed E-state index contributed by atoms with van der Waals surface area (Å²) in [6.07, 6.45) is 0. The molecule has 0 N–H and O–H groups in total. The predicted octanol–water partition coefficient (Wildman–Crippen LogP) is 3.20. The van der Waals surface area contributed by atoms with Crippen LogP contribution >= 0.6 is 0 Å². The van der Waals surface area contributed by atoms with E-state index in [0.717, 1.165) is 11.1 Å². The van der Waals surface area contributed by atoms with Crippen LogP contribution in [-0.4, -0.2) is 4.92 Å². The lowest BCUT2D eigenvalue weighted by Gasteiger charge is -2.19. The van der Waals surface area contributed by atoms with Gasteiger partial charge in [-0.15, -0.1) is 0 Å². The number of benzene rings is 1. The Kier molecular flexibility index (Phi) is 2.60. The van der Waals surface area contributed by atoms with Gasteiger partial charge >= 0.3 is 0 Å². The molecule has 0 spiro atoms. The van der Waals surface area contributed by atoms with Crippen LogP contribution in [0.15, 0.2) is 18.2 Å². The highest BCUT2D eigenvalue weighted by atomic mass is 16.6. The zero-order valence-corrected chi connectivity index (χ0v) is 9.00. The van der Waals surface area contributed by atoms with Crippen molar-refractivity contribution in [3.05, 3.63) is 39.4 Å². The van der Waals surface area contributed by atoms with E-state index in [9.17, 15) is 10.1 Å². The van der Waals surface area contributed by atoms with Gasteiger partial charge in [0.1, 0.15) is 0 Å². The predicted molar refractivity (Wildman–Crippen MR) is 56.5 cm³/mol. The molecule has 0 saturated carbocycles. The number of nitrogens with zero attached hydrogens (tertiary/aromatic N) is 1. The van der Waals surface area contributed by atoms with Crippen molar-refractivity contribution in [1.29, 1.82) is 0 Å². The third kappa shape index (κ3) is 1.92. The van der Waals surface area contributed by atoms with Gasteiger partial charge in [0, 0.05) is 11.1 Å². The maximum atomic E-state index is 10.9. The minimum absolute atomic E-state index is 0.186. The van der Waals surface area contributed by atoms with Crippen LogP contribution in [0.25, 0.3) is 0 Å². The van der Waals surface area contributed by atoms with Crippen molar-refractivity contribution >= 4 is 5.69 Å². The molecule has 0 aliphatic carbocycles. The number of hydrogen-bond donors (Lipinski definition) is 0. The van der Waals surface area contributed by atoms with Gasteiger partial charge in [-0.3, -0.25) is 10.1 Å². The molecule has 3 heteroatoms. The molecule has 0 saturated heterocycles. The van der Waals surface area contributed by atoms with E-state index < -0.39 is 0 Å². The lowest BCUT2D eigenvalue weighted by molar-refractivity contribution is -0.386. The first kappa shape index (κ1) is 10.7. The highest BCUT2D eigenvalue weighted by Gasteiger charge is 2.25. The van der Waals surface area contributed by atoms with E-state index in [1.807, 2.05) is 32.9 Å². The molecule has 1 aromatic rings. The first-order chi connectivity index (χ1) is 6.34. The molecule has 0 aromatic heterocycles. The summed E-state index contributed by atoms with van der Waals surface area (Å²) in [6, 6.07) is 5.46. The van der Waals surface area contributed by atoms with Crippen molar-refractivity contribution in [2.45, 2.75) is 33.1 Å². The Bertz CT molecular complexity index is 364. The Morgan fingerprint density at radius 3 is 2.21 bits per heavy atom. The zero-order chi connectivity index (χ0) is 10.9. The fraction of sp³-hybridized carbons (Fsp3) is 0.455. The third-order valence-electron chi connectivity index (χ3n) is 2.23. The second kappa shape index (κ2) is 3.40. The quantitative estimate of drug-likeness (QED) is 0.507. The fourth-order valence-electron chi connectivity index (χ4n) is 1.51. The topological polar surface area (TPSA) is 43.1 Å². The zero-order valence-electron chi connectivity index (χ0n) is 9.00. The minimum atomic E-state index is -0.296. The van der Waals surface area contributed by atoms with E-state index in [4.69, 9.17) is 0 Å². The smallest absolute Gasteiger partial charge is 0.258 e. The Labute approximate surface area is 83.9 Å². The molecule has 0 radical (unpaired) electrons. The van der Waals surface area contributed by atoms with E-state index in [0.29, 0.717) is 0 Å². The maximum absolute atomic E-state index is 10.9. The molecule has 0 fully saturated rings. The Hall–Kier alpha value is -1.38. The number of nitro benzene ring substituents is 1. The summed E-state index contributed by atoms with van der Waals surface area (Å²) in [6.45, 7) is 7.71. The van der Waals surface area contributed by atoms with Crippen LogP contribution < -0.4 is 0 Å². The summed E-state index contributed by atoms with van der Waals surface area (Å²) < 4.78 is 0. The average molecular weight is 193 g/mol. The van der Waals surface area contributed by atoms with E-state index in [2.05, 4.69) is 0 Å². The first-order valence-electron chi connectivity index (χ1n) is 4.58. The van der Waals surface area contributed by atoms with Crippen molar-refractivity contribution < 1.29 is 4.92 Å². The minimum Gasteiger partial charge on any atom is -0.258 e. The molecule has 0 atom stereocenters. The summed E-state index contributed by atoms with van der Waals surface area (Å²) in [5.74, 6) is 0. The molecule has 1 aromatic carbocycles. The number of nitro groups is 1. The maximum Gasteiger partial charge on any atom is 0.275 e. The summed E-state index contributed by atoms with van der Waals surface area (Å²) in [5.41, 5.74) is 1.58. The molecular formula is C11H15NO2. The number of para-hydroxylation sites is 1. The van der Waals surface area contributed by atoms with Gasteiger partial charge < -0.3 is 0 Å². The van der Waals surface area contributed by atoms with E-state index >= 15 is 0 Å². The molecule has 76 valence electrons. The van der Waals surface area contributed by atoms with Crippen LogP contribution in [0.2, 0.25) is 0 Å². The SMILES string of the molecule is Cc1cccc(C(C)(C)C)c1[N+](=O)[O-]. The van der Waals surface area contributed by atoms with Crippen LogP contribution in [-0.2, 0) is 5.41 Å². The van der Waals surface area contributed by atoms with Crippen LogP contribution in [0.1, 0.15) is 31.9 Å². The second-order valence-electron chi connectivity index (χ2n) is 4.48. The highest BCUT2D eigenvalue weighted by Crippen LogP contribution is 2.33. The average Bonchev–Trinajstić information content (AvgIpc) is 2.01. The molecule has 0 aliphatic heterocycles.